The quantitative estimate of drug-likeness (QED) is 0.183. The molecule has 1 atom stereocenters. The largest absolute Gasteiger partial charge is 0.481 e. The zero-order valence-corrected chi connectivity index (χ0v) is 18.0. The lowest BCUT2D eigenvalue weighted by Gasteiger charge is -2.10. The lowest BCUT2D eigenvalue weighted by atomic mass is 9.97. The molecule has 0 radical (unpaired) electrons. The molecule has 4 heteroatoms. The van der Waals surface area contributed by atoms with Gasteiger partial charge in [-0.05, 0) is 6.42 Å². The number of carboxylic acids is 1. The predicted octanol–water partition coefficient (Wildman–Crippen LogP) is 6.90. The van der Waals surface area contributed by atoms with Crippen molar-refractivity contribution < 1.29 is 19.4 Å². The number of ether oxygens (including phenoxy) is 1. The van der Waals surface area contributed by atoms with Crippen molar-refractivity contribution in [1.29, 1.82) is 0 Å². The Labute approximate surface area is 167 Å². The Hall–Kier alpha value is -1.06. The van der Waals surface area contributed by atoms with Gasteiger partial charge < -0.3 is 9.84 Å². The summed E-state index contributed by atoms with van der Waals surface area (Å²) in [5, 5.41) is 9.14. The van der Waals surface area contributed by atoms with Gasteiger partial charge in [-0.1, -0.05) is 110 Å². The van der Waals surface area contributed by atoms with Crippen molar-refractivity contribution in [1.82, 2.24) is 0 Å². The molecule has 0 heterocycles. The molecule has 0 saturated heterocycles. The Morgan fingerprint density at radius 3 is 1.41 bits per heavy atom. The second-order valence-electron chi connectivity index (χ2n) is 7.91. The number of carbonyl (C=O) groups is 2. The van der Waals surface area contributed by atoms with Crippen molar-refractivity contribution in [3.05, 3.63) is 0 Å². The molecule has 1 unspecified atom stereocenters. The SMILES string of the molecule is CCCCCCCCCCCCCCCCCCC(CC(=O)OC)C(=O)O. The molecular formula is C23H44O4. The Balaban J connectivity index is 3.32. The molecule has 1 N–H and O–H groups in total. The van der Waals surface area contributed by atoms with Crippen LogP contribution in [0.3, 0.4) is 0 Å². The molecule has 0 spiro atoms. The topological polar surface area (TPSA) is 63.6 Å². The highest BCUT2D eigenvalue weighted by Crippen LogP contribution is 2.17. The molecule has 0 aromatic carbocycles. The highest BCUT2D eigenvalue weighted by molar-refractivity contribution is 5.78. The van der Waals surface area contributed by atoms with E-state index < -0.39 is 17.9 Å². The van der Waals surface area contributed by atoms with Gasteiger partial charge in [0.15, 0.2) is 0 Å². The van der Waals surface area contributed by atoms with Gasteiger partial charge in [-0.15, -0.1) is 0 Å². The van der Waals surface area contributed by atoms with Gasteiger partial charge in [-0.25, -0.2) is 0 Å². The summed E-state index contributed by atoms with van der Waals surface area (Å²) in [6, 6.07) is 0. The highest BCUT2D eigenvalue weighted by Gasteiger charge is 2.20. The molecule has 0 aliphatic rings. The molecule has 0 bridgehead atoms. The Bertz CT molecular complexity index is 354. The summed E-state index contributed by atoms with van der Waals surface area (Å²) >= 11 is 0. The standard InChI is InChI=1S/C23H44O4/c1-3-4-5-6-7-8-9-10-11-12-13-14-15-16-17-18-19-21(23(25)26)20-22(24)27-2/h21H,3-20H2,1-2H3,(H,25,26). The Morgan fingerprint density at radius 1 is 0.704 bits per heavy atom. The van der Waals surface area contributed by atoms with E-state index >= 15 is 0 Å². The number of aliphatic carboxylic acids is 1. The normalized spacial score (nSPS) is 12.1. The lowest BCUT2D eigenvalue weighted by Crippen LogP contribution is -2.18. The summed E-state index contributed by atoms with van der Waals surface area (Å²) in [7, 11) is 1.30. The maximum absolute atomic E-state index is 11.2. The van der Waals surface area contributed by atoms with E-state index in [1.165, 1.54) is 97.0 Å². The Morgan fingerprint density at radius 2 is 1.07 bits per heavy atom. The van der Waals surface area contributed by atoms with Crippen molar-refractivity contribution in [2.75, 3.05) is 7.11 Å². The van der Waals surface area contributed by atoms with Crippen molar-refractivity contribution >= 4 is 11.9 Å². The van der Waals surface area contributed by atoms with E-state index in [9.17, 15) is 9.59 Å². The van der Waals surface area contributed by atoms with E-state index in [1.54, 1.807) is 0 Å². The monoisotopic (exact) mass is 384 g/mol. The molecule has 0 rings (SSSR count). The van der Waals surface area contributed by atoms with Gasteiger partial charge in [0.2, 0.25) is 0 Å². The van der Waals surface area contributed by atoms with Crippen molar-refractivity contribution in [3.8, 4) is 0 Å². The van der Waals surface area contributed by atoms with Gasteiger partial charge in [0.25, 0.3) is 0 Å². The summed E-state index contributed by atoms with van der Waals surface area (Å²) in [6.07, 6.45) is 21.5. The van der Waals surface area contributed by atoms with Crippen LogP contribution in [0, 0.1) is 5.92 Å². The number of carbonyl (C=O) groups excluding carboxylic acids is 1. The van der Waals surface area contributed by atoms with Crippen LogP contribution in [-0.2, 0) is 14.3 Å². The van der Waals surface area contributed by atoms with E-state index in [-0.39, 0.29) is 6.42 Å². The van der Waals surface area contributed by atoms with Crippen LogP contribution < -0.4 is 0 Å². The van der Waals surface area contributed by atoms with E-state index in [2.05, 4.69) is 11.7 Å². The Kier molecular flexibility index (Phi) is 18.9. The number of esters is 1. The zero-order chi connectivity index (χ0) is 20.2. The number of carboxylic acid groups (broad SMARTS) is 1. The second kappa shape index (κ2) is 19.7. The smallest absolute Gasteiger partial charge is 0.307 e. The minimum absolute atomic E-state index is 0.00935. The molecule has 0 saturated carbocycles. The number of unbranched alkanes of at least 4 members (excludes halogenated alkanes) is 15. The summed E-state index contributed by atoms with van der Waals surface area (Å²) < 4.78 is 4.56. The van der Waals surface area contributed by atoms with Gasteiger partial charge in [0.1, 0.15) is 0 Å². The van der Waals surface area contributed by atoms with Crippen LogP contribution >= 0.6 is 0 Å². The summed E-state index contributed by atoms with van der Waals surface area (Å²) in [5.41, 5.74) is 0. The van der Waals surface area contributed by atoms with Gasteiger partial charge in [0.05, 0.1) is 19.4 Å². The number of hydrogen-bond donors (Lipinski definition) is 1. The first-order valence-electron chi connectivity index (χ1n) is 11.4. The maximum Gasteiger partial charge on any atom is 0.307 e. The van der Waals surface area contributed by atoms with Crippen LogP contribution in [0.2, 0.25) is 0 Å². The van der Waals surface area contributed by atoms with Crippen molar-refractivity contribution in [2.24, 2.45) is 5.92 Å². The third-order valence-corrected chi connectivity index (χ3v) is 5.40. The fraction of sp³-hybridized carbons (Fsp3) is 0.913. The fourth-order valence-electron chi connectivity index (χ4n) is 3.54. The first kappa shape index (κ1) is 25.9. The van der Waals surface area contributed by atoms with Gasteiger partial charge in [-0.2, -0.15) is 0 Å². The van der Waals surface area contributed by atoms with Crippen LogP contribution in [0.25, 0.3) is 0 Å². The second-order valence-corrected chi connectivity index (χ2v) is 7.91. The van der Waals surface area contributed by atoms with Crippen LogP contribution in [0.4, 0.5) is 0 Å². The molecule has 0 aromatic rings. The maximum atomic E-state index is 11.2. The van der Waals surface area contributed by atoms with Gasteiger partial charge in [0, 0.05) is 0 Å². The molecule has 0 fully saturated rings. The zero-order valence-electron chi connectivity index (χ0n) is 18.0. The first-order chi connectivity index (χ1) is 13.1. The first-order valence-corrected chi connectivity index (χ1v) is 11.4. The van der Waals surface area contributed by atoms with Crippen LogP contribution in [0.1, 0.15) is 122 Å². The van der Waals surface area contributed by atoms with E-state index in [1.807, 2.05) is 0 Å². The van der Waals surface area contributed by atoms with Crippen LogP contribution in [-0.4, -0.2) is 24.2 Å². The highest BCUT2D eigenvalue weighted by atomic mass is 16.5. The predicted molar refractivity (Wildman–Crippen MR) is 112 cm³/mol. The van der Waals surface area contributed by atoms with Crippen LogP contribution in [0.5, 0.6) is 0 Å². The van der Waals surface area contributed by atoms with Crippen molar-refractivity contribution in [3.63, 3.8) is 0 Å². The molecule has 0 aliphatic heterocycles. The third kappa shape index (κ3) is 18.1. The van der Waals surface area contributed by atoms with Gasteiger partial charge >= 0.3 is 11.9 Å². The molecule has 4 nitrogen and oxygen atoms in total. The van der Waals surface area contributed by atoms with E-state index in [0.29, 0.717) is 6.42 Å². The molecule has 27 heavy (non-hydrogen) atoms. The number of rotatable bonds is 20. The number of hydrogen-bond acceptors (Lipinski definition) is 3. The van der Waals surface area contributed by atoms with E-state index in [0.717, 1.165) is 12.8 Å². The minimum atomic E-state index is -0.888. The van der Waals surface area contributed by atoms with Gasteiger partial charge in [-0.3, -0.25) is 9.59 Å². The average molecular weight is 385 g/mol. The third-order valence-electron chi connectivity index (χ3n) is 5.40. The summed E-state index contributed by atoms with van der Waals surface area (Å²) in [6.45, 7) is 2.27. The number of methoxy groups -OCH3 is 1. The lowest BCUT2D eigenvalue weighted by molar-refractivity contribution is -0.150. The van der Waals surface area contributed by atoms with E-state index in [4.69, 9.17) is 5.11 Å². The van der Waals surface area contributed by atoms with Crippen LogP contribution in [0.15, 0.2) is 0 Å². The fourth-order valence-corrected chi connectivity index (χ4v) is 3.54. The molecule has 0 aromatic heterocycles. The van der Waals surface area contributed by atoms with Crippen molar-refractivity contribution in [2.45, 2.75) is 122 Å². The minimum Gasteiger partial charge on any atom is -0.481 e. The molecular weight excluding hydrogens is 340 g/mol. The average Bonchev–Trinajstić information content (AvgIpc) is 2.66. The summed E-state index contributed by atoms with van der Waals surface area (Å²) in [5.74, 6) is -1.91. The summed E-state index contributed by atoms with van der Waals surface area (Å²) in [4.78, 5) is 22.3. The molecule has 160 valence electrons. The molecule has 0 amide bonds. The molecule has 0 aliphatic carbocycles.